The molecule has 0 heterocycles. The van der Waals surface area contributed by atoms with E-state index < -0.39 is 0 Å². The van der Waals surface area contributed by atoms with Crippen LogP contribution < -0.4 is 15.4 Å². The molecule has 1 aromatic carbocycles. The summed E-state index contributed by atoms with van der Waals surface area (Å²) in [6.45, 7) is 4.93. The van der Waals surface area contributed by atoms with Crippen molar-refractivity contribution < 1.29 is 13.9 Å². The Kier molecular flexibility index (Phi) is 11.0. The summed E-state index contributed by atoms with van der Waals surface area (Å²) >= 11 is 0. The number of halogens is 2. The summed E-state index contributed by atoms with van der Waals surface area (Å²) in [7, 11) is 3.22. The number of hydrogen-bond donors (Lipinski definition) is 2. The van der Waals surface area contributed by atoms with E-state index in [4.69, 9.17) is 9.47 Å². The van der Waals surface area contributed by atoms with E-state index in [-0.39, 0.29) is 35.5 Å². The molecule has 0 atom stereocenters. The third-order valence-electron chi connectivity index (χ3n) is 5.11. The van der Waals surface area contributed by atoms with Gasteiger partial charge >= 0.3 is 0 Å². The average molecular weight is 493 g/mol. The Bertz CT molecular complexity index is 593. The normalized spacial score (nSPS) is 15.9. The zero-order valence-corrected chi connectivity index (χ0v) is 19.0. The van der Waals surface area contributed by atoms with Crippen LogP contribution in [-0.4, -0.2) is 39.9 Å². The quantitative estimate of drug-likeness (QED) is 0.309. The Morgan fingerprint density at radius 2 is 1.96 bits per heavy atom. The van der Waals surface area contributed by atoms with Crippen molar-refractivity contribution in [2.45, 2.75) is 45.6 Å². The van der Waals surface area contributed by atoms with E-state index in [0.29, 0.717) is 12.0 Å². The van der Waals surface area contributed by atoms with E-state index >= 15 is 0 Å². The van der Waals surface area contributed by atoms with Crippen molar-refractivity contribution in [2.24, 2.45) is 10.4 Å². The lowest BCUT2D eigenvalue weighted by Gasteiger charge is -2.30. The van der Waals surface area contributed by atoms with Gasteiger partial charge in [0.15, 0.2) is 17.5 Å². The molecule has 1 aliphatic carbocycles. The molecule has 0 aliphatic heterocycles. The molecule has 7 heteroatoms. The first-order valence-corrected chi connectivity index (χ1v) is 9.46. The molecule has 5 nitrogen and oxygen atoms in total. The summed E-state index contributed by atoms with van der Waals surface area (Å²) in [5, 5.41) is 6.76. The molecule has 154 valence electrons. The molecule has 1 fully saturated rings. The van der Waals surface area contributed by atoms with Crippen LogP contribution in [0, 0.1) is 11.2 Å². The van der Waals surface area contributed by atoms with Gasteiger partial charge in [0, 0.05) is 26.8 Å². The summed E-state index contributed by atoms with van der Waals surface area (Å²) in [6.07, 6.45) is 6.09. The monoisotopic (exact) mass is 493 g/mol. The maximum Gasteiger partial charge on any atom is 0.191 e. The van der Waals surface area contributed by atoms with Crippen LogP contribution in [0.3, 0.4) is 0 Å². The second-order valence-corrected chi connectivity index (χ2v) is 6.97. The Hall–Kier alpha value is -1.09. The molecule has 0 bridgehead atoms. The van der Waals surface area contributed by atoms with Crippen LogP contribution in [0.4, 0.5) is 4.39 Å². The van der Waals surface area contributed by atoms with Crippen molar-refractivity contribution in [1.82, 2.24) is 10.6 Å². The van der Waals surface area contributed by atoms with E-state index in [2.05, 4.69) is 15.6 Å². The highest BCUT2D eigenvalue weighted by Gasteiger charge is 2.33. The Morgan fingerprint density at radius 1 is 1.22 bits per heavy atom. The van der Waals surface area contributed by atoms with E-state index in [1.807, 2.05) is 13.0 Å². The summed E-state index contributed by atoms with van der Waals surface area (Å²) < 4.78 is 24.1. The lowest BCUT2D eigenvalue weighted by Crippen LogP contribution is -2.43. The lowest BCUT2D eigenvalue weighted by molar-refractivity contribution is 0.138. The molecule has 1 aromatic rings. The number of aliphatic imine (C=N–C) groups is 1. The molecule has 0 unspecified atom stereocenters. The molecular weight excluding hydrogens is 460 g/mol. The van der Waals surface area contributed by atoms with E-state index in [1.165, 1.54) is 38.9 Å². The number of nitrogens with one attached hydrogen (secondary N) is 2. The van der Waals surface area contributed by atoms with Crippen LogP contribution in [0.15, 0.2) is 23.2 Å². The SMILES string of the molecule is CCNC(=NCc1ccc(OC)c(F)c1)NCC1(CCOC)CCCC1.I. The van der Waals surface area contributed by atoms with Crippen molar-refractivity contribution >= 4 is 29.9 Å². The lowest BCUT2D eigenvalue weighted by atomic mass is 9.83. The largest absolute Gasteiger partial charge is 0.494 e. The predicted octanol–water partition coefficient (Wildman–Crippen LogP) is 4.10. The summed E-state index contributed by atoms with van der Waals surface area (Å²) in [5.41, 5.74) is 1.11. The molecule has 1 aliphatic rings. The Morgan fingerprint density at radius 3 is 2.56 bits per heavy atom. The Labute approximate surface area is 179 Å². The molecule has 1 saturated carbocycles. The molecule has 2 N–H and O–H groups in total. The van der Waals surface area contributed by atoms with Crippen molar-refractivity contribution in [3.05, 3.63) is 29.6 Å². The van der Waals surface area contributed by atoms with Crippen molar-refractivity contribution in [2.75, 3.05) is 33.9 Å². The predicted molar refractivity (Wildman–Crippen MR) is 119 cm³/mol. The number of methoxy groups -OCH3 is 2. The fraction of sp³-hybridized carbons (Fsp3) is 0.650. The minimum absolute atomic E-state index is 0. The maximum absolute atomic E-state index is 13.8. The summed E-state index contributed by atoms with van der Waals surface area (Å²) in [5.74, 6) is 0.666. The zero-order chi connectivity index (χ0) is 18.8. The third kappa shape index (κ3) is 7.44. The highest BCUT2D eigenvalue weighted by atomic mass is 127. The Balaban J connectivity index is 0.00000364. The van der Waals surface area contributed by atoms with Crippen molar-refractivity contribution in [1.29, 1.82) is 0 Å². The third-order valence-corrected chi connectivity index (χ3v) is 5.11. The van der Waals surface area contributed by atoms with Crippen LogP contribution in [0.25, 0.3) is 0 Å². The van der Waals surface area contributed by atoms with E-state index in [1.54, 1.807) is 13.2 Å². The van der Waals surface area contributed by atoms with Gasteiger partial charge in [-0.3, -0.25) is 0 Å². The van der Waals surface area contributed by atoms with Crippen molar-refractivity contribution in [3.8, 4) is 5.75 Å². The first-order valence-electron chi connectivity index (χ1n) is 9.46. The van der Waals surface area contributed by atoms with Gasteiger partial charge in [-0.15, -0.1) is 24.0 Å². The van der Waals surface area contributed by atoms with Crippen molar-refractivity contribution in [3.63, 3.8) is 0 Å². The summed E-state index contributed by atoms with van der Waals surface area (Å²) in [4.78, 5) is 4.61. The zero-order valence-electron chi connectivity index (χ0n) is 16.6. The minimum Gasteiger partial charge on any atom is -0.494 e. The molecular formula is C20H33FIN3O2. The van der Waals surface area contributed by atoms with Crippen LogP contribution in [-0.2, 0) is 11.3 Å². The number of ether oxygens (including phenoxy) is 2. The fourth-order valence-electron chi connectivity index (χ4n) is 3.55. The minimum atomic E-state index is -0.359. The second-order valence-electron chi connectivity index (χ2n) is 6.97. The molecule has 2 rings (SSSR count). The van der Waals surface area contributed by atoms with E-state index in [9.17, 15) is 4.39 Å². The standard InChI is InChI=1S/C20H32FN3O2.HI/c1-4-22-19(23-14-16-7-8-18(26-3)17(21)13-16)24-15-20(11-12-25-2)9-5-6-10-20;/h7-8,13H,4-6,9-12,14-15H2,1-3H3,(H2,22,23,24);1H. The van der Waals surface area contributed by atoms with Crippen LogP contribution in [0.5, 0.6) is 5.75 Å². The van der Waals surface area contributed by atoms with Gasteiger partial charge in [0.05, 0.1) is 13.7 Å². The molecule has 27 heavy (non-hydrogen) atoms. The molecule has 0 aromatic heterocycles. The topological polar surface area (TPSA) is 54.9 Å². The van der Waals surface area contributed by atoms with Gasteiger partial charge in [-0.25, -0.2) is 9.38 Å². The van der Waals surface area contributed by atoms with E-state index in [0.717, 1.165) is 37.6 Å². The molecule has 0 saturated heterocycles. The number of rotatable bonds is 9. The second kappa shape index (κ2) is 12.4. The molecule has 0 amide bonds. The van der Waals surface area contributed by atoms with Gasteiger partial charge in [-0.2, -0.15) is 0 Å². The maximum atomic E-state index is 13.8. The number of guanidine groups is 1. The van der Waals surface area contributed by atoms with Gasteiger partial charge in [0.2, 0.25) is 0 Å². The van der Waals surface area contributed by atoms with Gasteiger partial charge < -0.3 is 20.1 Å². The van der Waals surface area contributed by atoms with Gasteiger partial charge in [-0.05, 0) is 49.3 Å². The molecule has 0 radical (unpaired) electrons. The van der Waals surface area contributed by atoms with Crippen LogP contribution >= 0.6 is 24.0 Å². The van der Waals surface area contributed by atoms with Crippen LogP contribution in [0.1, 0.15) is 44.6 Å². The highest BCUT2D eigenvalue weighted by molar-refractivity contribution is 14.0. The number of hydrogen-bond acceptors (Lipinski definition) is 3. The number of nitrogens with zero attached hydrogens (tertiary/aromatic N) is 1. The number of benzene rings is 1. The first kappa shape index (κ1) is 23.9. The average Bonchev–Trinajstić information content (AvgIpc) is 3.11. The summed E-state index contributed by atoms with van der Waals surface area (Å²) in [6, 6.07) is 4.95. The smallest absolute Gasteiger partial charge is 0.191 e. The highest BCUT2D eigenvalue weighted by Crippen LogP contribution is 2.40. The van der Waals surface area contributed by atoms with Gasteiger partial charge in [0.1, 0.15) is 0 Å². The van der Waals surface area contributed by atoms with Gasteiger partial charge in [-0.1, -0.05) is 18.9 Å². The molecule has 0 spiro atoms. The van der Waals surface area contributed by atoms with Gasteiger partial charge in [0.25, 0.3) is 0 Å². The van der Waals surface area contributed by atoms with Crippen LogP contribution in [0.2, 0.25) is 0 Å². The first-order chi connectivity index (χ1) is 12.6. The fourth-order valence-corrected chi connectivity index (χ4v) is 3.55.